The third kappa shape index (κ3) is 1.37. The van der Waals surface area contributed by atoms with Gasteiger partial charge in [-0.05, 0) is 25.0 Å². The Morgan fingerprint density at radius 2 is 1.89 bits per heavy atom. The molecule has 1 aliphatic heterocycles. The highest BCUT2D eigenvalue weighted by molar-refractivity contribution is 7.94. The lowest BCUT2D eigenvalue weighted by Gasteiger charge is -2.26. The van der Waals surface area contributed by atoms with Crippen molar-refractivity contribution in [2.24, 2.45) is 0 Å². The SMILES string of the molecule is CN1c2cccnc2C2(CCCCCC2)S1(=O)=O. The van der Waals surface area contributed by atoms with Gasteiger partial charge in [-0.25, -0.2) is 8.42 Å². The molecular weight excluding hydrogens is 248 g/mol. The lowest BCUT2D eigenvalue weighted by Crippen LogP contribution is -2.38. The van der Waals surface area contributed by atoms with Crippen LogP contribution in [0.15, 0.2) is 18.3 Å². The van der Waals surface area contributed by atoms with Crippen molar-refractivity contribution in [3.05, 3.63) is 24.0 Å². The van der Waals surface area contributed by atoms with Gasteiger partial charge in [-0.3, -0.25) is 9.29 Å². The Bertz CT molecular complexity index is 560. The standard InChI is InChI=1S/C13H18N2O2S/c1-15-11-7-6-10-14-12(11)13(18(15,16)17)8-4-2-3-5-9-13/h6-7,10H,2-5,8-9H2,1H3. The van der Waals surface area contributed by atoms with Crippen molar-refractivity contribution < 1.29 is 8.42 Å². The maximum Gasteiger partial charge on any atom is 0.246 e. The van der Waals surface area contributed by atoms with Crippen LogP contribution in [0.5, 0.6) is 0 Å². The van der Waals surface area contributed by atoms with Gasteiger partial charge in [0.2, 0.25) is 10.0 Å². The molecule has 2 aliphatic rings. The molecule has 0 bridgehead atoms. The Labute approximate surface area is 108 Å². The van der Waals surface area contributed by atoms with Gasteiger partial charge in [0.1, 0.15) is 4.75 Å². The maximum absolute atomic E-state index is 12.8. The Morgan fingerprint density at radius 1 is 1.22 bits per heavy atom. The van der Waals surface area contributed by atoms with Crippen LogP contribution >= 0.6 is 0 Å². The van der Waals surface area contributed by atoms with E-state index in [4.69, 9.17) is 0 Å². The van der Waals surface area contributed by atoms with Gasteiger partial charge in [-0.1, -0.05) is 25.7 Å². The van der Waals surface area contributed by atoms with Crippen LogP contribution in [-0.2, 0) is 14.8 Å². The van der Waals surface area contributed by atoms with Crippen molar-refractivity contribution in [3.8, 4) is 0 Å². The van der Waals surface area contributed by atoms with Crippen molar-refractivity contribution in [2.75, 3.05) is 11.4 Å². The number of pyridine rings is 1. The summed E-state index contributed by atoms with van der Waals surface area (Å²) in [6.07, 6.45) is 7.34. The summed E-state index contributed by atoms with van der Waals surface area (Å²) in [5.41, 5.74) is 1.54. The fraction of sp³-hybridized carbons (Fsp3) is 0.615. The molecule has 98 valence electrons. The van der Waals surface area contributed by atoms with E-state index in [0.717, 1.165) is 37.1 Å². The highest BCUT2D eigenvalue weighted by atomic mass is 32.2. The first-order valence-corrected chi connectivity index (χ1v) is 7.98. The van der Waals surface area contributed by atoms with E-state index in [1.165, 1.54) is 4.31 Å². The minimum Gasteiger partial charge on any atom is -0.271 e. The molecule has 0 aromatic carbocycles. The molecule has 0 amide bonds. The first-order chi connectivity index (χ1) is 8.59. The van der Waals surface area contributed by atoms with Gasteiger partial charge >= 0.3 is 0 Å². The second kappa shape index (κ2) is 3.95. The zero-order valence-electron chi connectivity index (χ0n) is 10.6. The first-order valence-electron chi connectivity index (χ1n) is 6.54. The van der Waals surface area contributed by atoms with Crippen molar-refractivity contribution in [1.82, 2.24) is 4.98 Å². The molecule has 1 spiro atoms. The lowest BCUT2D eigenvalue weighted by atomic mass is 9.94. The first kappa shape index (κ1) is 12.0. The van der Waals surface area contributed by atoms with E-state index in [-0.39, 0.29) is 0 Å². The normalized spacial score (nSPS) is 24.8. The number of nitrogens with zero attached hydrogens (tertiary/aromatic N) is 2. The van der Waals surface area contributed by atoms with Crippen LogP contribution in [0.4, 0.5) is 5.69 Å². The minimum atomic E-state index is -3.30. The van der Waals surface area contributed by atoms with Gasteiger partial charge in [-0.2, -0.15) is 0 Å². The van der Waals surface area contributed by atoms with Crippen molar-refractivity contribution in [3.63, 3.8) is 0 Å². The Balaban J connectivity index is 2.23. The molecule has 0 atom stereocenters. The molecule has 1 aromatic heterocycles. The molecule has 4 nitrogen and oxygen atoms in total. The Morgan fingerprint density at radius 3 is 2.56 bits per heavy atom. The quantitative estimate of drug-likeness (QED) is 0.724. The average Bonchev–Trinajstić information content (AvgIpc) is 2.60. The van der Waals surface area contributed by atoms with Crippen LogP contribution in [0.25, 0.3) is 0 Å². The van der Waals surface area contributed by atoms with E-state index >= 15 is 0 Å². The molecule has 1 saturated carbocycles. The number of anilines is 1. The molecule has 1 aliphatic carbocycles. The van der Waals surface area contributed by atoms with E-state index in [9.17, 15) is 8.42 Å². The van der Waals surface area contributed by atoms with Gasteiger partial charge in [0.15, 0.2) is 0 Å². The fourth-order valence-electron chi connectivity index (χ4n) is 3.31. The molecule has 18 heavy (non-hydrogen) atoms. The Kier molecular flexibility index (Phi) is 2.62. The summed E-state index contributed by atoms with van der Waals surface area (Å²) in [4.78, 5) is 4.40. The molecule has 0 radical (unpaired) electrons. The predicted molar refractivity (Wildman–Crippen MR) is 70.9 cm³/mol. The monoisotopic (exact) mass is 266 g/mol. The van der Waals surface area contributed by atoms with E-state index in [2.05, 4.69) is 4.98 Å². The molecule has 0 N–H and O–H groups in total. The van der Waals surface area contributed by atoms with Crippen molar-refractivity contribution in [1.29, 1.82) is 0 Å². The van der Waals surface area contributed by atoms with Crippen LogP contribution < -0.4 is 4.31 Å². The van der Waals surface area contributed by atoms with Crippen molar-refractivity contribution >= 4 is 15.7 Å². The summed E-state index contributed by atoms with van der Waals surface area (Å²) in [6, 6.07) is 3.67. The van der Waals surface area contributed by atoms with E-state index < -0.39 is 14.8 Å². The van der Waals surface area contributed by atoms with Crippen LogP contribution in [0.3, 0.4) is 0 Å². The second-order valence-corrected chi connectivity index (χ2v) is 7.53. The summed E-state index contributed by atoms with van der Waals surface area (Å²) < 4.78 is 26.2. The van der Waals surface area contributed by atoms with E-state index in [0.29, 0.717) is 12.8 Å². The zero-order valence-corrected chi connectivity index (χ0v) is 11.4. The fourth-order valence-corrected chi connectivity index (χ4v) is 5.45. The van der Waals surface area contributed by atoms with Gasteiger partial charge in [0.05, 0.1) is 11.4 Å². The average molecular weight is 266 g/mol. The van der Waals surface area contributed by atoms with Crippen molar-refractivity contribution in [2.45, 2.75) is 43.3 Å². The topological polar surface area (TPSA) is 50.3 Å². The lowest BCUT2D eigenvalue weighted by molar-refractivity contribution is 0.473. The maximum atomic E-state index is 12.8. The van der Waals surface area contributed by atoms with Crippen LogP contribution in [0.1, 0.15) is 44.2 Å². The molecule has 3 rings (SSSR count). The van der Waals surface area contributed by atoms with Crippen LogP contribution in [0, 0.1) is 0 Å². The minimum absolute atomic E-state index is 0.712. The predicted octanol–water partition coefficient (Wildman–Crippen LogP) is 2.41. The zero-order chi connectivity index (χ0) is 12.8. The molecule has 1 aromatic rings. The van der Waals surface area contributed by atoms with Gasteiger partial charge in [0, 0.05) is 13.2 Å². The number of aromatic nitrogens is 1. The third-order valence-electron chi connectivity index (χ3n) is 4.32. The van der Waals surface area contributed by atoms with E-state index in [1.54, 1.807) is 19.3 Å². The molecule has 1 fully saturated rings. The number of rotatable bonds is 0. The van der Waals surface area contributed by atoms with Gasteiger partial charge in [-0.15, -0.1) is 0 Å². The van der Waals surface area contributed by atoms with Gasteiger partial charge < -0.3 is 0 Å². The molecule has 0 unspecified atom stereocenters. The largest absolute Gasteiger partial charge is 0.271 e. The summed E-state index contributed by atoms with van der Waals surface area (Å²) in [5.74, 6) is 0. The van der Waals surface area contributed by atoms with Crippen LogP contribution in [0.2, 0.25) is 0 Å². The summed E-state index contributed by atoms with van der Waals surface area (Å²) >= 11 is 0. The highest BCUT2D eigenvalue weighted by Crippen LogP contribution is 2.51. The third-order valence-corrected chi connectivity index (χ3v) is 6.83. The summed E-state index contributed by atoms with van der Waals surface area (Å²) in [7, 11) is -1.65. The number of sulfonamides is 1. The summed E-state index contributed by atoms with van der Waals surface area (Å²) in [6.45, 7) is 0. The Hall–Kier alpha value is -1.10. The molecule has 5 heteroatoms. The van der Waals surface area contributed by atoms with Gasteiger partial charge in [0.25, 0.3) is 0 Å². The number of hydrogen-bond acceptors (Lipinski definition) is 3. The smallest absolute Gasteiger partial charge is 0.246 e. The summed E-state index contributed by atoms with van der Waals surface area (Å²) in [5, 5.41) is 0. The number of hydrogen-bond donors (Lipinski definition) is 0. The number of fused-ring (bicyclic) bond motifs is 2. The van der Waals surface area contributed by atoms with Crippen LogP contribution in [-0.4, -0.2) is 20.4 Å². The molecule has 2 heterocycles. The van der Waals surface area contributed by atoms with E-state index in [1.807, 2.05) is 6.07 Å². The molecular formula is C13H18N2O2S. The highest BCUT2D eigenvalue weighted by Gasteiger charge is 2.55. The second-order valence-electron chi connectivity index (χ2n) is 5.25. The molecule has 0 saturated heterocycles.